The van der Waals surface area contributed by atoms with Gasteiger partial charge in [-0.15, -0.1) is 11.8 Å². The fourth-order valence-electron chi connectivity index (χ4n) is 2.71. The average molecular weight is 415 g/mol. The molecule has 0 unspecified atom stereocenters. The van der Waals surface area contributed by atoms with Crippen LogP contribution in [0.5, 0.6) is 0 Å². The van der Waals surface area contributed by atoms with Gasteiger partial charge < -0.3 is 15.4 Å². The molecule has 0 fully saturated rings. The first kappa shape index (κ1) is 22.5. The molecule has 0 aliphatic carbocycles. The second kappa shape index (κ2) is 10.7. The predicted octanol–water partition coefficient (Wildman–Crippen LogP) is 3.31. The molecule has 7 heteroatoms. The fourth-order valence-corrected chi connectivity index (χ4v) is 3.52. The number of nitrogens with one attached hydrogen (secondary N) is 2. The summed E-state index contributed by atoms with van der Waals surface area (Å²) in [6.07, 6.45) is 0. The zero-order chi connectivity index (χ0) is 21.4. The number of esters is 1. The Morgan fingerprint density at radius 1 is 0.931 bits per heavy atom. The molecular formula is C22H26N2O4S. The summed E-state index contributed by atoms with van der Waals surface area (Å²) in [7, 11) is 0. The molecule has 154 valence electrons. The summed E-state index contributed by atoms with van der Waals surface area (Å²) in [6.45, 7) is 7.19. The number of amides is 2. The van der Waals surface area contributed by atoms with Crippen LogP contribution in [0.1, 0.15) is 22.3 Å². The lowest BCUT2D eigenvalue weighted by atomic mass is 10.1. The summed E-state index contributed by atoms with van der Waals surface area (Å²) in [5.41, 5.74) is 4.88. The van der Waals surface area contributed by atoms with Gasteiger partial charge in [-0.25, -0.2) is 0 Å². The Bertz CT molecular complexity index is 891. The summed E-state index contributed by atoms with van der Waals surface area (Å²) in [4.78, 5) is 36.7. The van der Waals surface area contributed by atoms with Crippen molar-refractivity contribution in [3.63, 3.8) is 0 Å². The number of para-hydroxylation sites is 1. The number of carbonyl (C=O) groups is 3. The lowest BCUT2D eigenvalue weighted by molar-refractivity contribution is -0.146. The van der Waals surface area contributed by atoms with Gasteiger partial charge in [0, 0.05) is 10.6 Å². The molecule has 0 aliphatic rings. The normalized spacial score (nSPS) is 10.3. The molecule has 0 saturated heterocycles. The first-order chi connectivity index (χ1) is 13.8. The molecule has 2 amide bonds. The Morgan fingerprint density at radius 3 is 2.28 bits per heavy atom. The van der Waals surface area contributed by atoms with E-state index in [1.807, 2.05) is 64.1 Å². The summed E-state index contributed by atoms with van der Waals surface area (Å²) in [5, 5.41) is 5.23. The first-order valence-corrected chi connectivity index (χ1v) is 10.2. The molecule has 0 aromatic heterocycles. The number of hydrogen-bond donors (Lipinski definition) is 2. The minimum atomic E-state index is -0.522. The van der Waals surface area contributed by atoms with Crippen molar-refractivity contribution in [3.05, 3.63) is 58.7 Å². The lowest BCUT2D eigenvalue weighted by Crippen LogP contribution is -2.36. The predicted molar refractivity (Wildman–Crippen MR) is 115 cm³/mol. The van der Waals surface area contributed by atoms with Gasteiger partial charge in [0.15, 0.2) is 6.61 Å². The van der Waals surface area contributed by atoms with Crippen molar-refractivity contribution in [1.82, 2.24) is 5.32 Å². The maximum atomic E-state index is 12.0. The van der Waals surface area contributed by atoms with Crippen molar-refractivity contribution in [1.29, 1.82) is 0 Å². The van der Waals surface area contributed by atoms with Gasteiger partial charge in [-0.05, 0) is 50.5 Å². The highest BCUT2D eigenvalue weighted by molar-refractivity contribution is 8.00. The summed E-state index contributed by atoms with van der Waals surface area (Å²) in [5.74, 6) is -1.23. The highest BCUT2D eigenvalue weighted by atomic mass is 32.2. The fraction of sp³-hybridized carbons (Fsp3) is 0.318. The van der Waals surface area contributed by atoms with Gasteiger partial charge >= 0.3 is 5.97 Å². The van der Waals surface area contributed by atoms with Crippen LogP contribution in [0, 0.1) is 27.7 Å². The second-order valence-electron chi connectivity index (χ2n) is 6.81. The highest BCUT2D eigenvalue weighted by Gasteiger charge is 2.12. The Labute approximate surface area is 175 Å². The molecule has 0 radical (unpaired) electrons. The van der Waals surface area contributed by atoms with Crippen molar-refractivity contribution >= 4 is 35.2 Å². The van der Waals surface area contributed by atoms with Gasteiger partial charge in [0.1, 0.15) is 0 Å². The minimum absolute atomic E-state index is 0.115. The van der Waals surface area contributed by atoms with E-state index in [9.17, 15) is 14.4 Å². The number of aryl methyl sites for hydroxylation is 4. The molecule has 0 aliphatic heterocycles. The SMILES string of the molecule is Cc1ccc(SCC(=O)OCC(=O)NCC(=O)Nc2c(C)cccc2C)c(C)c1. The van der Waals surface area contributed by atoms with Crippen LogP contribution in [0.15, 0.2) is 41.3 Å². The van der Waals surface area contributed by atoms with E-state index in [4.69, 9.17) is 4.74 Å². The largest absolute Gasteiger partial charge is 0.455 e. The number of hydrogen-bond acceptors (Lipinski definition) is 5. The van der Waals surface area contributed by atoms with Gasteiger partial charge in [0.05, 0.1) is 12.3 Å². The maximum Gasteiger partial charge on any atom is 0.316 e. The van der Waals surface area contributed by atoms with Crippen LogP contribution in [-0.2, 0) is 19.1 Å². The zero-order valence-corrected chi connectivity index (χ0v) is 17.9. The number of anilines is 1. The van der Waals surface area contributed by atoms with Crippen LogP contribution >= 0.6 is 11.8 Å². The molecule has 2 rings (SSSR count). The Balaban J connectivity index is 1.69. The van der Waals surface area contributed by atoms with Crippen molar-refractivity contribution in [3.8, 4) is 0 Å². The van der Waals surface area contributed by atoms with E-state index >= 15 is 0 Å². The van der Waals surface area contributed by atoms with Crippen LogP contribution < -0.4 is 10.6 Å². The second-order valence-corrected chi connectivity index (χ2v) is 7.83. The third kappa shape index (κ3) is 7.27. The Hall–Kier alpha value is -2.80. The number of rotatable bonds is 8. The van der Waals surface area contributed by atoms with Crippen LogP contribution in [-0.4, -0.2) is 36.7 Å². The molecule has 0 atom stereocenters. The number of benzene rings is 2. The molecule has 29 heavy (non-hydrogen) atoms. The molecule has 2 N–H and O–H groups in total. The molecule has 0 heterocycles. The standard InChI is InChI=1S/C22H26N2O4S/c1-14-8-9-18(17(4)10-14)29-13-21(27)28-12-20(26)23-11-19(25)24-22-15(2)6-5-7-16(22)3/h5-10H,11-13H2,1-4H3,(H,23,26)(H,24,25). The van der Waals surface area contributed by atoms with Crippen LogP contribution in [0.25, 0.3) is 0 Å². The van der Waals surface area contributed by atoms with Gasteiger partial charge in [-0.2, -0.15) is 0 Å². The number of carbonyl (C=O) groups excluding carboxylic acids is 3. The van der Waals surface area contributed by atoms with Crippen molar-refractivity contribution < 1.29 is 19.1 Å². The summed E-state index contributed by atoms with van der Waals surface area (Å²) >= 11 is 1.37. The van der Waals surface area contributed by atoms with Gasteiger partial charge in [0.25, 0.3) is 5.91 Å². The van der Waals surface area contributed by atoms with Crippen molar-refractivity contribution in [2.24, 2.45) is 0 Å². The van der Waals surface area contributed by atoms with E-state index < -0.39 is 18.5 Å². The molecule has 0 bridgehead atoms. The van der Waals surface area contributed by atoms with Crippen LogP contribution in [0.3, 0.4) is 0 Å². The van der Waals surface area contributed by atoms with Crippen LogP contribution in [0.4, 0.5) is 5.69 Å². The molecular weight excluding hydrogens is 388 g/mol. The van der Waals surface area contributed by atoms with E-state index in [0.29, 0.717) is 0 Å². The molecule has 2 aromatic rings. The smallest absolute Gasteiger partial charge is 0.316 e. The maximum absolute atomic E-state index is 12.0. The van der Waals surface area contributed by atoms with Crippen LogP contribution in [0.2, 0.25) is 0 Å². The van der Waals surface area contributed by atoms with Crippen molar-refractivity contribution in [2.45, 2.75) is 32.6 Å². The topological polar surface area (TPSA) is 84.5 Å². The quantitative estimate of drug-likeness (QED) is 0.511. The summed E-state index contributed by atoms with van der Waals surface area (Å²) in [6, 6.07) is 11.7. The minimum Gasteiger partial charge on any atom is -0.455 e. The summed E-state index contributed by atoms with van der Waals surface area (Å²) < 4.78 is 4.97. The molecule has 0 saturated carbocycles. The number of ether oxygens (including phenoxy) is 1. The Kier molecular flexibility index (Phi) is 8.27. The monoisotopic (exact) mass is 414 g/mol. The van der Waals surface area contributed by atoms with Crippen molar-refractivity contribution in [2.75, 3.05) is 24.2 Å². The van der Waals surface area contributed by atoms with E-state index in [0.717, 1.165) is 32.8 Å². The molecule has 0 spiro atoms. The zero-order valence-electron chi connectivity index (χ0n) is 17.1. The van der Waals surface area contributed by atoms with Gasteiger partial charge in [-0.3, -0.25) is 14.4 Å². The Morgan fingerprint density at radius 2 is 1.62 bits per heavy atom. The van der Waals surface area contributed by atoms with E-state index in [1.54, 1.807) is 0 Å². The van der Waals surface area contributed by atoms with E-state index in [2.05, 4.69) is 10.6 Å². The van der Waals surface area contributed by atoms with Gasteiger partial charge in [-0.1, -0.05) is 35.9 Å². The molecule has 2 aromatic carbocycles. The number of thioether (sulfide) groups is 1. The third-order valence-electron chi connectivity index (χ3n) is 4.23. The average Bonchev–Trinajstić information content (AvgIpc) is 2.67. The lowest BCUT2D eigenvalue weighted by Gasteiger charge is -2.12. The van der Waals surface area contributed by atoms with Gasteiger partial charge in [0.2, 0.25) is 5.91 Å². The third-order valence-corrected chi connectivity index (χ3v) is 5.38. The van der Waals surface area contributed by atoms with E-state index in [1.165, 1.54) is 11.8 Å². The first-order valence-electron chi connectivity index (χ1n) is 9.24. The highest BCUT2D eigenvalue weighted by Crippen LogP contribution is 2.23. The molecule has 6 nitrogen and oxygen atoms in total. The van der Waals surface area contributed by atoms with E-state index in [-0.39, 0.29) is 18.2 Å².